The molecule has 124 valence electrons. The molecule has 0 aliphatic carbocycles. The fraction of sp³-hybridized carbons (Fsp3) is 0.765. The van der Waals surface area contributed by atoms with E-state index in [9.17, 15) is 4.79 Å². The Morgan fingerprint density at radius 1 is 1.36 bits per heavy atom. The predicted molar refractivity (Wildman–Crippen MR) is 92.1 cm³/mol. The van der Waals surface area contributed by atoms with Crippen molar-refractivity contribution in [3.8, 4) is 0 Å². The van der Waals surface area contributed by atoms with Gasteiger partial charge >= 0.3 is 0 Å². The molecule has 1 aromatic heterocycles. The number of hydrogen-bond donors (Lipinski definition) is 1. The van der Waals surface area contributed by atoms with Crippen molar-refractivity contribution in [2.24, 2.45) is 5.92 Å². The predicted octanol–water partition coefficient (Wildman–Crippen LogP) is 3.14. The highest BCUT2D eigenvalue weighted by Crippen LogP contribution is 2.21. The SMILES string of the molecule is CCCc1nc(C)c(CNC(=O)CC2CCN(CC)CC2)s1. The molecule has 0 radical (unpaired) electrons. The lowest BCUT2D eigenvalue weighted by Crippen LogP contribution is -2.35. The first-order valence-corrected chi connectivity index (χ1v) is 9.38. The summed E-state index contributed by atoms with van der Waals surface area (Å²) in [5.74, 6) is 0.751. The highest BCUT2D eigenvalue weighted by atomic mass is 32.1. The Hall–Kier alpha value is -0.940. The molecule has 0 atom stereocenters. The molecule has 1 N–H and O–H groups in total. The average Bonchev–Trinajstić information content (AvgIpc) is 2.86. The van der Waals surface area contributed by atoms with Crippen LogP contribution < -0.4 is 5.32 Å². The first kappa shape index (κ1) is 17.4. The van der Waals surface area contributed by atoms with Crippen molar-refractivity contribution in [2.45, 2.75) is 59.4 Å². The van der Waals surface area contributed by atoms with E-state index in [2.05, 4.69) is 29.0 Å². The van der Waals surface area contributed by atoms with Gasteiger partial charge in [-0.25, -0.2) is 4.98 Å². The van der Waals surface area contributed by atoms with Gasteiger partial charge in [-0.15, -0.1) is 11.3 Å². The lowest BCUT2D eigenvalue weighted by Gasteiger charge is -2.30. The van der Waals surface area contributed by atoms with E-state index < -0.39 is 0 Å². The number of carbonyl (C=O) groups excluding carboxylic acids is 1. The minimum atomic E-state index is 0.194. The Morgan fingerprint density at radius 2 is 2.09 bits per heavy atom. The van der Waals surface area contributed by atoms with Gasteiger partial charge in [0.2, 0.25) is 5.91 Å². The van der Waals surface area contributed by atoms with Crippen LogP contribution in [0.4, 0.5) is 0 Å². The lowest BCUT2D eigenvalue weighted by molar-refractivity contribution is -0.122. The third-order valence-electron chi connectivity index (χ3n) is 4.48. The van der Waals surface area contributed by atoms with E-state index in [4.69, 9.17) is 0 Å². The summed E-state index contributed by atoms with van der Waals surface area (Å²) in [6, 6.07) is 0. The third-order valence-corrected chi connectivity index (χ3v) is 5.69. The van der Waals surface area contributed by atoms with Gasteiger partial charge in [0, 0.05) is 11.3 Å². The van der Waals surface area contributed by atoms with Gasteiger partial charge in [-0.3, -0.25) is 4.79 Å². The van der Waals surface area contributed by atoms with Crippen molar-refractivity contribution >= 4 is 17.2 Å². The molecule has 1 saturated heterocycles. The molecule has 1 fully saturated rings. The smallest absolute Gasteiger partial charge is 0.220 e. The molecular formula is C17H29N3OS. The second-order valence-electron chi connectivity index (χ2n) is 6.22. The maximum atomic E-state index is 12.1. The van der Waals surface area contributed by atoms with Crippen LogP contribution in [0.3, 0.4) is 0 Å². The molecule has 0 bridgehead atoms. The van der Waals surface area contributed by atoms with Crippen molar-refractivity contribution in [1.82, 2.24) is 15.2 Å². The summed E-state index contributed by atoms with van der Waals surface area (Å²) in [7, 11) is 0. The first-order valence-electron chi connectivity index (χ1n) is 8.56. The van der Waals surface area contributed by atoms with Crippen LogP contribution in [0.2, 0.25) is 0 Å². The van der Waals surface area contributed by atoms with E-state index in [0.29, 0.717) is 18.9 Å². The van der Waals surface area contributed by atoms with Gasteiger partial charge in [-0.2, -0.15) is 0 Å². The number of hydrogen-bond acceptors (Lipinski definition) is 4. The Bertz CT molecular complexity index is 478. The van der Waals surface area contributed by atoms with Crippen LogP contribution in [0.1, 0.15) is 55.1 Å². The molecule has 2 heterocycles. The van der Waals surface area contributed by atoms with Gasteiger partial charge in [-0.05, 0) is 58.2 Å². The highest BCUT2D eigenvalue weighted by molar-refractivity contribution is 7.11. The van der Waals surface area contributed by atoms with Crippen LogP contribution in [-0.4, -0.2) is 35.4 Å². The number of piperidine rings is 1. The number of aryl methyl sites for hydroxylation is 2. The molecule has 0 saturated carbocycles. The summed E-state index contributed by atoms with van der Waals surface area (Å²) >= 11 is 1.74. The maximum Gasteiger partial charge on any atom is 0.220 e. The van der Waals surface area contributed by atoms with E-state index in [-0.39, 0.29) is 5.91 Å². The molecule has 1 aromatic rings. The average molecular weight is 324 g/mol. The zero-order chi connectivity index (χ0) is 15.9. The number of rotatable bonds is 7. The van der Waals surface area contributed by atoms with Gasteiger partial charge in [0.15, 0.2) is 0 Å². The van der Waals surface area contributed by atoms with Crippen molar-refractivity contribution in [3.63, 3.8) is 0 Å². The van der Waals surface area contributed by atoms with Crippen LogP contribution >= 0.6 is 11.3 Å². The Labute approximate surface area is 138 Å². The Morgan fingerprint density at radius 3 is 2.73 bits per heavy atom. The van der Waals surface area contributed by atoms with E-state index in [1.54, 1.807) is 11.3 Å². The van der Waals surface area contributed by atoms with E-state index in [1.807, 2.05) is 6.92 Å². The molecule has 0 unspecified atom stereocenters. The summed E-state index contributed by atoms with van der Waals surface area (Å²) in [5, 5.41) is 4.28. The number of thiazole rings is 1. The van der Waals surface area contributed by atoms with Crippen molar-refractivity contribution in [1.29, 1.82) is 0 Å². The minimum Gasteiger partial charge on any atom is -0.351 e. The van der Waals surface area contributed by atoms with Gasteiger partial charge < -0.3 is 10.2 Å². The minimum absolute atomic E-state index is 0.194. The number of amides is 1. The monoisotopic (exact) mass is 323 g/mol. The van der Waals surface area contributed by atoms with Gasteiger partial charge in [-0.1, -0.05) is 13.8 Å². The molecule has 4 nitrogen and oxygen atoms in total. The first-order chi connectivity index (χ1) is 10.6. The number of carbonyl (C=O) groups is 1. The van der Waals surface area contributed by atoms with Crippen LogP contribution in [0, 0.1) is 12.8 Å². The second kappa shape index (κ2) is 8.63. The Kier molecular flexibility index (Phi) is 6.83. The summed E-state index contributed by atoms with van der Waals surface area (Å²) in [4.78, 5) is 20.4. The maximum absolute atomic E-state index is 12.1. The molecule has 5 heteroatoms. The number of aromatic nitrogens is 1. The van der Waals surface area contributed by atoms with E-state index in [0.717, 1.165) is 51.0 Å². The van der Waals surface area contributed by atoms with Crippen LogP contribution in [0.25, 0.3) is 0 Å². The quantitative estimate of drug-likeness (QED) is 0.838. The van der Waals surface area contributed by atoms with Gasteiger partial charge in [0.25, 0.3) is 0 Å². The summed E-state index contributed by atoms with van der Waals surface area (Å²) < 4.78 is 0. The van der Waals surface area contributed by atoms with Crippen molar-refractivity contribution in [3.05, 3.63) is 15.6 Å². The fourth-order valence-electron chi connectivity index (χ4n) is 2.99. The summed E-state index contributed by atoms with van der Waals surface area (Å²) in [6.07, 6.45) is 5.14. The standard InChI is InChI=1S/C17H29N3OS/c1-4-6-17-19-13(3)15(22-17)12-18-16(21)11-14-7-9-20(5-2)10-8-14/h14H,4-12H2,1-3H3,(H,18,21). The third kappa shape index (κ3) is 5.06. The largest absolute Gasteiger partial charge is 0.351 e. The molecule has 0 spiro atoms. The zero-order valence-corrected chi connectivity index (χ0v) is 15.0. The zero-order valence-electron chi connectivity index (χ0n) is 14.2. The molecule has 0 aromatic carbocycles. The summed E-state index contributed by atoms with van der Waals surface area (Å²) in [6.45, 7) is 10.5. The van der Waals surface area contributed by atoms with Crippen LogP contribution in [-0.2, 0) is 17.8 Å². The molecule has 1 aliphatic heterocycles. The number of nitrogens with one attached hydrogen (secondary N) is 1. The molecule has 22 heavy (non-hydrogen) atoms. The van der Waals surface area contributed by atoms with Gasteiger partial charge in [0.05, 0.1) is 17.2 Å². The van der Waals surface area contributed by atoms with E-state index >= 15 is 0 Å². The van der Waals surface area contributed by atoms with Crippen LogP contribution in [0.5, 0.6) is 0 Å². The van der Waals surface area contributed by atoms with Crippen LogP contribution in [0.15, 0.2) is 0 Å². The lowest BCUT2D eigenvalue weighted by atomic mass is 9.93. The molecule has 2 rings (SSSR count). The van der Waals surface area contributed by atoms with Crippen molar-refractivity contribution in [2.75, 3.05) is 19.6 Å². The topological polar surface area (TPSA) is 45.2 Å². The molecule has 1 aliphatic rings. The molecular weight excluding hydrogens is 294 g/mol. The van der Waals surface area contributed by atoms with E-state index in [1.165, 1.54) is 9.88 Å². The second-order valence-corrected chi connectivity index (χ2v) is 7.39. The molecule has 1 amide bonds. The van der Waals surface area contributed by atoms with Crippen molar-refractivity contribution < 1.29 is 4.79 Å². The summed E-state index contributed by atoms with van der Waals surface area (Å²) in [5.41, 5.74) is 1.07. The Balaban J connectivity index is 1.74. The normalized spacial score (nSPS) is 16.9. The highest BCUT2D eigenvalue weighted by Gasteiger charge is 2.20. The number of nitrogens with zero attached hydrogens (tertiary/aromatic N) is 2. The fourth-order valence-corrected chi connectivity index (χ4v) is 4.10. The van der Waals surface area contributed by atoms with Gasteiger partial charge in [0.1, 0.15) is 0 Å². The number of likely N-dealkylation sites (tertiary alicyclic amines) is 1.